The predicted molar refractivity (Wildman–Crippen MR) is 137 cm³/mol. The zero-order valence-electron chi connectivity index (χ0n) is 19.6. The standard InChI is InChI=1S/C26H23ClN4O4S/c1-15-3-7-17(8-4-15)25(32)34-12-20-19(35-26(33)18-9-5-16(2)6-10-18)11-21(36-20)31-14-30-22-23(27)28-13-29-24(22)31/h3-10,13-14,19-21H,11-12H2,1-2H3/t19-,20+,21+/m0/s1. The summed E-state index contributed by atoms with van der Waals surface area (Å²) in [7, 11) is 0. The van der Waals surface area contributed by atoms with Gasteiger partial charge in [-0.15, -0.1) is 11.8 Å². The summed E-state index contributed by atoms with van der Waals surface area (Å²) in [5.41, 5.74) is 4.14. The van der Waals surface area contributed by atoms with Crippen molar-refractivity contribution in [1.82, 2.24) is 19.5 Å². The number of carbonyl (C=O) groups excluding carboxylic acids is 2. The summed E-state index contributed by atoms with van der Waals surface area (Å²) < 4.78 is 13.4. The van der Waals surface area contributed by atoms with E-state index in [1.165, 1.54) is 6.33 Å². The van der Waals surface area contributed by atoms with Gasteiger partial charge in [0.05, 0.1) is 28.1 Å². The third-order valence-electron chi connectivity index (χ3n) is 6.02. The summed E-state index contributed by atoms with van der Waals surface area (Å²) in [5.74, 6) is -0.841. The van der Waals surface area contributed by atoms with Gasteiger partial charge in [-0.3, -0.25) is 0 Å². The summed E-state index contributed by atoms with van der Waals surface area (Å²) in [5, 5.41) is -0.166. The molecule has 0 radical (unpaired) electrons. The van der Waals surface area contributed by atoms with Gasteiger partial charge in [0.15, 0.2) is 10.8 Å². The number of fused-ring (bicyclic) bond motifs is 1. The number of aryl methyl sites for hydroxylation is 2. The molecule has 5 rings (SSSR count). The van der Waals surface area contributed by atoms with Crippen molar-refractivity contribution >= 4 is 46.5 Å². The Morgan fingerprint density at radius 2 is 1.61 bits per heavy atom. The Labute approximate surface area is 217 Å². The zero-order valence-corrected chi connectivity index (χ0v) is 21.2. The number of halogens is 1. The highest BCUT2D eigenvalue weighted by atomic mass is 35.5. The first-order valence-electron chi connectivity index (χ1n) is 11.4. The van der Waals surface area contributed by atoms with E-state index < -0.39 is 18.0 Å². The average Bonchev–Trinajstić information content (AvgIpc) is 3.48. The second-order valence-electron chi connectivity index (χ2n) is 8.63. The van der Waals surface area contributed by atoms with E-state index in [9.17, 15) is 9.59 Å². The maximum Gasteiger partial charge on any atom is 0.338 e. The molecule has 36 heavy (non-hydrogen) atoms. The number of carbonyl (C=O) groups is 2. The van der Waals surface area contributed by atoms with Gasteiger partial charge >= 0.3 is 11.9 Å². The fourth-order valence-corrected chi connectivity index (χ4v) is 5.66. The van der Waals surface area contributed by atoms with Crippen molar-refractivity contribution < 1.29 is 19.1 Å². The van der Waals surface area contributed by atoms with Crippen LogP contribution in [0.1, 0.15) is 43.6 Å². The van der Waals surface area contributed by atoms with E-state index in [2.05, 4.69) is 15.0 Å². The molecule has 1 saturated heterocycles. The molecule has 0 spiro atoms. The molecule has 0 bridgehead atoms. The fraction of sp³-hybridized carbons (Fsp3) is 0.269. The van der Waals surface area contributed by atoms with Gasteiger partial charge in [0, 0.05) is 6.42 Å². The molecule has 1 fully saturated rings. The molecule has 0 N–H and O–H groups in total. The van der Waals surface area contributed by atoms with Crippen molar-refractivity contribution in [3.8, 4) is 0 Å². The monoisotopic (exact) mass is 522 g/mol. The Kier molecular flexibility index (Phi) is 6.93. The lowest BCUT2D eigenvalue weighted by atomic mass is 10.1. The number of rotatable bonds is 6. The van der Waals surface area contributed by atoms with Gasteiger partial charge in [-0.1, -0.05) is 47.0 Å². The number of esters is 2. The molecule has 4 aromatic rings. The van der Waals surface area contributed by atoms with Crippen molar-refractivity contribution in [3.05, 3.63) is 88.6 Å². The summed E-state index contributed by atoms with van der Waals surface area (Å²) >= 11 is 7.72. The molecule has 10 heteroatoms. The van der Waals surface area contributed by atoms with Gasteiger partial charge in [0.2, 0.25) is 0 Å². The normalized spacial score (nSPS) is 19.4. The molecule has 1 aliphatic rings. The third-order valence-corrected chi connectivity index (χ3v) is 7.82. The van der Waals surface area contributed by atoms with Crippen LogP contribution in [-0.2, 0) is 9.47 Å². The second-order valence-corrected chi connectivity index (χ2v) is 10.4. The molecule has 8 nitrogen and oxygen atoms in total. The molecule has 0 unspecified atom stereocenters. The largest absolute Gasteiger partial charge is 0.461 e. The van der Waals surface area contributed by atoms with Gasteiger partial charge in [-0.2, -0.15) is 0 Å². The minimum Gasteiger partial charge on any atom is -0.461 e. The first kappa shape index (κ1) is 24.3. The van der Waals surface area contributed by atoms with Crippen LogP contribution in [0.3, 0.4) is 0 Å². The quantitative estimate of drug-likeness (QED) is 0.252. The number of imidazole rings is 1. The van der Waals surface area contributed by atoms with Gasteiger partial charge < -0.3 is 14.0 Å². The number of hydrogen-bond acceptors (Lipinski definition) is 8. The van der Waals surface area contributed by atoms with Gasteiger partial charge in [0.1, 0.15) is 24.6 Å². The number of benzene rings is 2. The smallest absolute Gasteiger partial charge is 0.338 e. The molecule has 1 aliphatic heterocycles. The molecule has 0 aliphatic carbocycles. The van der Waals surface area contributed by atoms with E-state index in [-0.39, 0.29) is 22.4 Å². The predicted octanol–water partition coefficient (Wildman–Crippen LogP) is 5.18. The van der Waals surface area contributed by atoms with Crippen molar-refractivity contribution in [1.29, 1.82) is 0 Å². The highest BCUT2D eigenvalue weighted by Crippen LogP contribution is 2.44. The number of thioether (sulfide) groups is 1. The molecule has 184 valence electrons. The Bertz CT molecular complexity index is 1410. The average molecular weight is 523 g/mol. The Morgan fingerprint density at radius 3 is 2.28 bits per heavy atom. The molecule has 0 saturated carbocycles. The van der Waals surface area contributed by atoms with Crippen LogP contribution in [0.25, 0.3) is 11.2 Å². The van der Waals surface area contributed by atoms with E-state index in [0.29, 0.717) is 28.7 Å². The van der Waals surface area contributed by atoms with Gasteiger partial charge in [0.25, 0.3) is 0 Å². The van der Waals surface area contributed by atoms with Crippen LogP contribution < -0.4 is 0 Å². The van der Waals surface area contributed by atoms with E-state index in [1.54, 1.807) is 42.4 Å². The molecular formula is C26H23ClN4O4S. The first-order chi connectivity index (χ1) is 17.4. The molecule has 2 aromatic heterocycles. The minimum absolute atomic E-state index is 0.0854. The molecule has 2 aromatic carbocycles. The lowest BCUT2D eigenvalue weighted by Crippen LogP contribution is -2.29. The summed E-state index contributed by atoms with van der Waals surface area (Å²) in [6.07, 6.45) is 3.04. The number of aromatic nitrogens is 4. The van der Waals surface area contributed by atoms with Crippen LogP contribution in [0.15, 0.2) is 61.2 Å². The van der Waals surface area contributed by atoms with E-state index in [4.69, 9.17) is 21.1 Å². The fourth-order valence-electron chi connectivity index (χ4n) is 4.01. The maximum absolute atomic E-state index is 12.9. The van der Waals surface area contributed by atoms with Crippen molar-refractivity contribution in [2.75, 3.05) is 6.61 Å². The zero-order chi connectivity index (χ0) is 25.2. The van der Waals surface area contributed by atoms with Crippen molar-refractivity contribution in [2.45, 2.75) is 37.0 Å². The van der Waals surface area contributed by atoms with Crippen molar-refractivity contribution in [2.24, 2.45) is 0 Å². The van der Waals surface area contributed by atoms with E-state index >= 15 is 0 Å². The van der Waals surface area contributed by atoms with Crippen LogP contribution in [-0.4, -0.2) is 49.4 Å². The van der Waals surface area contributed by atoms with E-state index in [1.807, 2.05) is 42.7 Å². The maximum atomic E-state index is 12.9. The molecule has 0 amide bonds. The highest BCUT2D eigenvalue weighted by Gasteiger charge is 2.40. The number of ether oxygens (including phenoxy) is 2. The first-order valence-corrected chi connectivity index (χ1v) is 12.7. The number of hydrogen-bond donors (Lipinski definition) is 0. The van der Waals surface area contributed by atoms with Crippen LogP contribution in [0.5, 0.6) is 0 Å². The molecule has 3 atom stereocenters. The lowest BCUT2D eigenvalue weighted by Gasteiger charge is -2.19. The third kappa shape index (κ3) is 5.08. The van der Waals surface area contributed by atoms with E-state index in [0.717, 1.165) is 11.1 Å². The van der Waals surface area contributed by atoms with Gasteiger partial charge in [-0.05, 0) is 38.1 Å². The summed E-state index contributed by atoms with van der Waals surface area (Å²) in [4.78, 5) is 38.2. The van der Waals surface area contributed by atoms with Crippen LogP contribution >= 0.6 is 23.4 Å². The topological polar surface area (TPSA) is 96.2 Å². The Balaban J connectivity index is 1.36. The van der Waals surface area contributed by atoms with Crippen LogP contribution in [0, 0.1) is 13.8 Å². The lowest BCUT2D eigenvalue weighted by molar-refractivity contribution is 0.0205. The summed E-state index contributed by atoms with van der Waals surface area (Å²) in [6, 6.07) is 14.4. The molecular weight excluding hydrogens is 500 g/mol. The minimum atomic E-state index is -0.491. The van der Waals surface area contributed by atoms with Gasteiger partial charge in [-0.25, -0.2) is 24.5 Å². The van der Waals surface area contributed by atoms with Crippen LogP contribution in [0.4, 0.5) is 0 Å². The second kappa shape index (κ2) is 10.3. The summed E-state index contributed by atoms with van der Waals surface area (Å²) in [6.45, 7) is 3.99. The Morgan fingerprint density at radius 1 is 0.972 bits per heavy atom. The highest BCUT2D eigenvalue weighted by molar-refractivity contribution is 8.00. The van der Waals surface area contributed by atoms with Crippen LogP contribution in [0.2, 0.25) is 5.15 Å². The SMILES string of the molecule is Cc1ccc(C(=O)OC[C@H]2S[C@@H](n3cnc4c(Cl)ncnc43)C[C@@H]2OC(=O)c2ccc(C)cc2)cc1. The number of nitrogens with zero attached hydrogens (tertiary/aromatic N) is 4. The van der Waals surface area contributed by atoms with Crippen molar-refractivity contribution in [3.63, 3.8) is 0 Å². The Hall–Kier alpha value is -3.43. The molecule has 3 heterocycles.